The second kappa shape index (κ2) is 10.6. The molecule has 1 aliphatic heterocycles. The van der Waals surface area contributed by atoms with Gasteiger partial charge in [0.15, 0.2) is 16.6 Å². The minimum Gasteiger partial charge on any atom is -0.493 e. The van der Waals surface area contributed by atoms with Gasteiger partial charge >= 0.3 is 0 Å². The maximum absolute atomic E-state index is 12.5. The lowest BCUT2D eigenvalue weighted by Gasteiger charge is -2.26. The third-order valence-corrected chi connectivity index (χ3v) is 6.08. The number of methoxy groups -OCH3 is 1. The fourth-order valence-electron chi connectivity index (χ4n) is 3.52. The number of rotatable bonds is 9. The van der Waals surface area contributed by atoms with Crippen LogP contribution in [0.25, 0.3) is 0 Å². The van der Waals surface area contributed by atoms with E-state index in [9.17, 15) is 9.59 Å². The summed E-state index contributed by atoms with van der Waals surface area (Å²) < 4.78 is 10.9. The number of ether oxygens (including phenoxy) is 2. The van der Waals surface area contributed by atoms with Crippen molar-refractivity contribution in [3.8, 4) is 11.5 Å². The van der Waals surface area contributed by atoms with Crippen molar-refractivity contribution in [2.24, 2.45) is 5.92 Å². The summed E-state index contributed by atoms with van der Waals surface area (Å²) in [6.07, 6.45) is 2.24. The van der Waals surface area contributed by atoms with Crippen molar-refractivity contribution < 1.29 is 19.1 Å². The molecular weight excluding hydrogens is 414 g/mol. The normalized spacial score (nSPS) is 13.1. The van der Waals surface area contributed by atoms with Crippen molar-refractivity contribution in [1.29, 1.82) is 0 Å². The molecule has 0 radical (unpaired) electrons. The highest BCUT2D eigenvalue weighted by molar-refractivity contribution is 7.15. The lowest BCUT2D eigenvalue weighted by atomic mass is 10.1. The van der Waals surface area contributed by atoms with Crippen molar-refractivity contribution in [1.82, 2.24) is 9.88 Å². The number of carbonyl (C=O) groups excluding carboxylic acids is 2. The van der Waals surface area contributed by atoms with Gasteiger partial charge in [-0.05, 0) is 37.0 Å². The van der Waals surface area contributed by atoms with E-state index < -0.39 is 0 Å². The number of nitrogens with one attached hydrogen (secondary N) is 1. The Bertz CT molecular complexity index is 926. The number of thiazole rings is 1. The number of amides is 2. The number of aromatic nitrogens is 1. The maximum atomic E-state index is 12.5. The van der Waals surface area contributed by atoms with Crippen LogP contribution in [0, 0.1) is 5.92 Å². The summed E-state index contributed by atoms with van der Waals surface area (Å²) >= 11 is 1.47. The number of fused-ring (bicyclic) bond motifs is 1. The number of benzene rings is 1. The van der Waals surface area contributed by atoms with Gasteiger partial charge in [-0.3, -0.25) is 9.59 Å². The Morgan fingerprint density at radius 2 is 2.10 bits per heavy atom. The smallest absolute Gasteiger partial charge is 0.226 e. The Labute approximate surface area is 187 Å². The molecule has 0 spiro atoms. The minimum atomic E-state index is -0.0771. The van der Waals surface area contributed by atoms with Crippen molar-refractivity contribution >= 4 is 28.3 Å². The quantitative estimate of drug-likeness (QED) is 0.630. The number of anilines is 1. The molecule has 1 aromatic heterocycles. The van der Waals surface area contributed by atoms with Crippen LogP contribution in [-0.2, 0) is 29.0 Å². The molecule has 0 aliphatic carbocycles. The van der Waals surface area contributed by atoms with Gasteiger partial charge in [-0.2, -0.15) is 0 Å². The molecule has 1 aromatic carbocycles. The van der Waals surface area contributed by atoms with Crippen LogP contribution < -0.4 is 14.8 Å². The van der Waals surface area contributed by atoms with Gasteiger partial charge in [0.25, 0.3) is 0 Å². The lowest BCUT2D eigenvalue weighted by Crippen LogP contribution is -2.36. The third-order valence-electron chi connectivity index (χ3n) is 5.08. The van der Waals surface area contributed by atoms with E-state index in [1.807, 2.05) is 30.0 Å². The average molecular weight is 446 g/mol. The lowest BCUT2D eigenvalue weighted by molar-refractivity contribution is -0.132. The van der Waals surface area contributed by atoms with Gasteiger partial charge in [0.1, 0.15) is 0 Å². The van der Waals surface area contributed by atoms with E-state index in [0.717, 1.165) is 22.6 Å². The monoisotopic (exact) mass is 445 g/mol. The van der Waals surface area contributed by atoms with Crippen LogP contribution >= 0.6 is 11.3 Å². The number of hydrogen-bond acceptors (Lipinski definition) is 6. The summed E-state index contributed by atoms with van der Waals surface area (Å²) in [6, 6.07) is 5.73. The van der Waals surface area contributed by atoms with Crippen molar-refractivity contribution in [3.63, 3.8) is 0 Å². The van der Waals surface area contributed by atoms with Gasteiger partial charge in [0.2, 0.25) is 11.8 Å². The fraction of sp³-hybridized carbons (Fsp3) is 0.522. The Morgan fingerprint density at radius 1 is 1.29 bits per heavy atom. The van der Waals surface area contributed by atoms with Crippen LogP contribution in [0.15, 0.2) is 18.2 Å². The molecule has 3 rings (SSSR count). The van der Waals surface area contributed by atoms with Gasteiger partial charge in [-0.15, -0.1) is 0 Å². The van der Waals surface area contributed by atoms with E-state index in [4.69, 9.17) is 9.47 Å². The predicted molar refractivity (Wildman–Crippen MR) is 122 cm³/mol. The second-order valence-corrected chi connectivity index (χ2v) is 9.10. The van der Waals surface area contributed by atoms with E-state index >= 15 is 0 Å². The molecular formula is C23H31N3O4S. The summed E-state index contributed by atoms with van der Waals surface area (Å²) in [5, 5.41) is 3.52. The molecule has 7 nitrogen and oxygen atoms in total. The third kappa shape index (κ3) is 6.19. The SMILES string of the molecule is CCOc1ccc(CCC(=O)Nc2nc3c(s2)CN(C(=O)CC(C)C)CC3)cc1OC. The van der Waals surface area contributed by atoms with Gasteiger partial charge in [0, 0.05) is 30.7 Å². The first-order valence-corrected chi connectivity index (χ1v) is 11.6. The molecule has 2 heterocycles. The van der Waals surface area contributed by atoms with E-state index in [1.54, 1.807) is 7.11 Å². The first-order chi connectivity index (χ1) is 14.9. The van der Waals surface area contributed by atoms with Crippen LogP contribution in [0.3, 0.4) is 0 Å². The zero-order valence-electron chi connectivity index (χ0n) is 18.7. The highest BCUT2D eigenvalue weighted by Crippen LogP contribution is 2.30. The van der Waals surface area contributed by atoms with Crippen LogP contribution in [0.2, 0.25) is 0 Å². The molecule has 1 N–H and O–H groups in total. The van der Waals surface area contributed by atoms with Gasteiger partial charge in [0.05, 0.1) is 26.0 Å². The summed E-state index contributed by atoms with van der Waals surface area (Å²) in [4.78, 5) is 32.3. The Morgan fingerprint density at radius 3 is 2.81 bits per heavy atom. The number of aryl methyl sites for hydroxylation is 1. The summed E-state index contributed by atoms with van der Waals surface area (Å²) in [7, 11) is 1.61. The number of hydrogen-bond donors (Lipinski definition) is 1. The van der Waals surface area contributed by atoms with Crippen LogP contribution in [-0.4, -0.2) is 42.0 Å². The molecule has 1 aliphatic rings. The molecule has 168 valence electrons. The summed E-state index contributed by atoms with van der Waals surface area (Å²) in [5.74, 6) is 1.83. The molecule has 8 heteroatoms. The molecule has 0 saturated heterocycles. The largest absolute Gasteiger partial charge is 0.493 e. The second-order valence-electron chi connectivity index (χ2n) is 8.02. The highest BCUT2D eigenvalue weighted by atomic mass is 32.1. The maximum Gasteiger partial charge on any atom is 0.226 e. The Hall–Kier alpha value is -2.61. The van der Waals surface area contributed by atoms with E-state index in [-0.39, 0.29) is 11.8 Å². The fourth-order valence-corrected chi connectivity index (χ4v) is 4.56. The zero-order chi connectivity index (χ0) is 22.4. The highest BCUT2D eigenvalue weighted by Gasteiger charge is 2.24. The topological polar surface area (TPSA) is 80.8 Å². The van der Waals surface area contributed by atoms with Gasteiger partial charge in [-0.1, -0.05) is 31.3 Å². The molecule has 2 aromatic rings. The van der Waals surface area contributed by atoms with Crippen molar-refractivity contribution in [2.75, 3.05) is 25.6 Å². The number of nitrogens with zero attached hydrogens (tertiary/aromatic N) is 2. The molecule has 2 amide bonds. The molecule has 0 atom stereocenters. The summed E-state index contributed by atoms with van der Waals surface area (Å²) in [6.45, 7) is 7.87. The predicted octanol–water partition coefficient (Wildman–Crippen LogP) is 4.05. The molecule has 0 bridgehead atoms. The van der Waals surface area contributed by atoms with Crippen molar-refractivity contribution in [2.45, 2.75) is 53.0 Å². The van der Waals surface area contributed by atoms with E-state index in [1.165, 1.54) is 11.3 Å². The number of carbonyl (C=O) groups is 2. The molecule has 0 fully saturated rings. The average Bonchev–Trinajstić information content (AvgIpc) is 3.14. The zero-order valence-corrected chi connectivity index (χ0v) is 19.5. The van der Waals surface area contributed by atoms with E-state index in [2.05, 4.69) is 24.1 Å². The van der Waals surface area contributed by atoms with Crippen molar-refractivity contribution in [3.05, 3.63) is 34.3 Å². The Kier molecular flexibility index (Phi) is 7.90. The molecule has 0 saturated carbocycles. The van der Waals surface area contributed by atoms with Crippen LogP contribution in [0.1, 0.15) is 49.7 Å². The standard InChI is InChI=1S/C23H31N3O4S/c1-5-30-18-8-6-16(13-19(18)29-4)7-9-21(27)25-23-24-17-10-11-26(14-20(17)31-23)22(28)12-15(2)3/h6,8,13,15H,5,7,9-12,14H2,1-4H3,(H,24,25,27). The first kappa shape index (κ1) is 23.1. The van der Waals surface area contributed by atoms with Crippen LogP contribution in [0.5, 0.6) is 11.5 Å². The molecule has 31 heavy (non-hydrogen) atoms. The van der Waals surface area contributed by atoms with E-state index in [0.29, 0.717) is 61.5 Å². The molecule has 0 unspecified atom stereocenters. The minimum absolute atomic E-state index is 0.0771. The van der Waals surface area contributed by atoms with Crippen LogP contribution in [0.4, 0.5) is 5.13 Å². The first-order valence-electron chi connectivity index (χ1n) is 10.8. The summed E-state index contributed by atoms with van der Waals surface area (Å²) in [5.41, 5.74) is 2.00. The van der Waals surface area contributed by atoms with Gasteiger partial charge in [-0.25, -0.2) is 4.98 Å². The Balaban J connectivity index is 1.54. The van der Waals surface area contributed by atoms with Gasteiger partial charge < -0.3 is 19.7 Å².